The number of methoxy groups -OCH3 is 2. The zero-order valence-electron chi connectivity index (χ0n) is 11.6. The van der Waals surface area contributed by atoms with Gasteiger partial charge in [-0.25, -0.2) is 0 Å². The summed E-state index contributed by atoms with van der Waals surface area (Å²) >= 11 is 0. The fraction of sp³-hybridized carbons (Fsp3) is 0.500. The molecule has 0 fully saturated rings. The fourth-order valence-corrected chi connectivity index (χ4v) is 1.36. The van der Waals surface area contributed by atoms with Crippen LogP contribution >= 0.6 is 0 Å². The second kappa shape index (κ2) is 8.29. The molecule has 1 aromatic carbocycles. The Morgan fingerprint density at radius 3 is 2.12 bits per heavy atom. The second-order valence-electron chi connectivity index (χ2n) is 4.22. The minimum Gasteiger partial charge on any atom is -0.551 e. The Labute approximate surface area is 138 Å². The Morgan fingerprint density at radius 2 is 1.71 bits per heavy atom. The largest absolute Gasteiger partial charge is 0.551 e. The van der Waals surface area contributed by atoms with E-state index in [1.54, 1.807) is 14.2 Å². The first-order chi connectivity index (χ1) is 7.05. The minimum atomic E-state index is 0. The van der Waals surface area contributed by atoms with Crippen molar-refractivity contribution in [3.05, 3.63) is 31.2 Å². The van der Waals surface area contributed by atoms with Crippen LogP contribution in [0.2, 0.25) is 0 Å². The van der Waals surface area contributed by atoms with Crippen LogP contribution in [0.5, 0.6) is 11.5 Å². The molecule has 0 saturated carbocycles. The Hall–Kier alpha value is 0.158. The summed E-state index contributed by atoms with van der Waals surface area (Å²) in [6.07, 6.45) is 1.07. The van der Waals surface area contributed by atoms with Gasteiger partial charge in [0.25, 0.3) is 0 Å². The third-order valence-electron chi connectivity index (χ3n) is 2.93. The molecule has 0 bridgehead atoms. The molecule has 2 nitrogen and oxygen atoms in total. The predicted molar refractivity (Wildman–Crippen MR) is 68.1 cm³/mol. The van der Waals surface area contributed by atoms with Gasteiger partial charge >= 0.3 is 0 Å². The van der Waals surface area contributed by atoms with Crippen LogP contribution < -0.4 is 9.47 Å². The maximum absolute atomic E-state index is 5.27. The van der Waals surface area contributed by atoms with Gasteiger partial charge in [0.2, 0.25) is 0 Å². The fourth-order valence-electron chi connectivity index (χ4n) is 1.36. The average Bonchev–Trinajstić information content (AvgIpc) is 2.28. The van der Waals surface area contributed by atoms with Crippen LogP contribution in [0.15, 0.2) is 12.1 Å². The quantitative estimate of drug-likeness (QED) is 0.751. The number of benzene rings is 1. The Balaban J connectivity index is 0. The van der Waals surface area contributed by atoms with E-state index in [-0.39, 0.29) is 53.2 Å². The number of rotatable bonds is 4. The van der Waals surface area contributed by atoms with Crippen molar-refractivity contribution in [2.24, 2.45) is 0 Å². The average molecular weight is 373 g/mol. The molecule has 0 saturated heterocycles. The van der Waals surface area contributed by atoms with Crippen LogP contribution in [-0.2, 0) is 5.41 Å². The molecule has 0 atom stereocenters. The summed E-state index contributed by atoms with van der Waals surface area (Å²) in [5, 5.41) is 0. The molecular formula is C14H22O2Sm-2. The molecule has 1 rings (SSSR count). The second-order valence-corrected chi connectivity index (χ2v) is 4.22. The molecule has 0 unspecified atom stereocenters. The summed E-state index contributed by atoms with van der Waals surface area (Å²) in [4.78, 5) is 0. The van der Waals surface area contributed by atoms with Gasteiger partial charge in [-0.3, -0.25) is 0 Å². The van der Waals surface area contributed by atoms with Gasteiger partial charge in [-0.15, -0.1) is 12.1 Å². The third kappa shape index (κ3) is 4.73. The van der Waals surface area contributed by atoms with Crippen molar-refractivity contribution < 1.29 is 49.9 Å². The first-order valence-electron chi connectivity index (χ1n) is 5.19. The zero-order valence-corrected chi connectivity index (χ0v) is 14.2. The Bertz CT molecular complexity index is 335. The third-order valence-corrected chi connectivity index (χ3v) is 2.93. The molecule has 98 valence electrons. The Morgan fingerprint density at radius 1 is 1.18 bits per heavy atom. The van der Waals surface area contributed by atoms with Crippen LogP contribution in [-0.4, -0.2) is 14.2 Å². The summed E-state index contributed by atoms with van der Waals surface area (Å²) in [6, 6.07) is 7.09. The van der Waals surface area contributed by atoms with E-state index >= 15 is 0 Å². The molecule has 0 aliphatic heterocycles. The summed E-state index contributed by atoms with van der Waals surface area (Å²) in [5.74, 6) is 1.50. The molecular weight excluding hydrogens is 351 g/mol. The summed E-state index contributed by atoms with van der Waals surface area (Å²) in [7, 11) is 3.29. The molecule has 0 aromatic heterocycles. The van der Waals surface area contributed by atoms with Crippen LogP contribution in [0.25, 0.3) is 0 Å². The number of ether oxygens (including phenoxy) is 2. The normalized spacial score (nSPS) is 9.94. The van der Waals surface area contributed by atoms with Crippen LogP contribution in [0.4, 0.5) is 0 Å². The number of hydrogen-bond acceptors (Lipinski definition) is 2. The molecule has 0 spiro atoms. The van der Waals surface area contributed by atoms with Gasteiger partial charge in [-0.2, -0.15) is 11.6 Å². The molecule has 0 heterocycles. The van der Waals surface area contributed by atoms with Gasteiger partial charge in [-0.1, -0.05) is 20.8 Å². The molecule has 0 radical (unpaired) electrons. The van der Waals surface area contributed by atoms with E-state index in [4.69, 9.17) is 9.47 Å². The van der Waals surface area contributed by atoms with Gasteiger partial charge in [0.05, 0.1) is 20.0 Å². The predicted octanol–water partition coefficient (Wildman–Crippen LogP) is 3.64. The van der Waals surface area contributed by atoms with Gasteiger partial charge in [0, 0.05) is 46.1 Å². The van der Waals surface area contributed by atoms with E-state index in [1.807, 2.05) is 12.1 Å². The van der Waals surface area contributed by atoms with Crippen molar-refractivity contribution in [2.45, 2.75) is 32.6 Å². The first kappa shape index (κ1) is 19.5. The van der Waals surface area contributed by atoms with Crippen molar-refractivity contribution in [3.63, 3.8) is 0 Å². The van der Waals surface area contributed by atoms with E-state index in [9.17, 15) is 0 Å². The van der Waals surface area contributed by atoms with Gasteiger partial charge in [0.1, 0.15) is 0 Å². The summed E-state index contributed by atoms with van der Waals surface area (Å²) < 4.78 is 10.5. The molecule has 3 heteroatoms. The molecule has 0 amide bonds. The van der Waals surface area contributed by atoms with Crippen LogP contribution in [0, 0.1) is 53.9 Å². The van der Waals surface area contributed by atoms with Crippen molar-refractivity contribution in [1.82, 2.24) is 0 Å². The maximum Gasteiger partial charge on any atom is 0.0745 e. The van der Waals surface area contributed by atoms with E-state index in [0.717, 1.165) is 23.5 Å². The molecule has 0 N–H and O–H groups in total. The Kier molecular flexibility index (Phi) is 9.51. The molecule has 0 aliphatic rings. The van der Waals surface area contributed by atoms with E-state index in [0.29, 0.717) is 0 Å². The first-order valence-corrected chi connectivity index (χ1v) is 5.19. The maximum atomic E-state index is 5.27. The topological polar surface area (TPSA) is 18.5 Å². The van der Waals surface area contributed by atoms with Crippen LogP contribution in [0.3, 0.4) is 0 Å². The molecule has 1 aromatic rings. The van der Waals surface area contributed by atoms with Crippen molar-refractivity contribution in [2.75, 3.05) is 14.2 Å². The summed E-state index contributed by atoms with van der Waals surface area (Å²) in [5.41, 5.74) is 1.28. The van der Waals surface area contributed by atoms with E-state index < -0.39 is 0 Å². The van der Waals surface area contributed by atoms with Crippen molar-refractivity contribution >= 4 is 0 Å². The molecule has 0 aliphatic carbocycles. The smallest absolute Gasteiger partial charge is 0.0745 e. The van der Waals surface area contributed by atoms with Gasteiger partial charge in [0.15, 0.2) is 0 Å². The van der Waals surface area contributed by atoms with Crippen molar-refractivity contribution in [1.29, 1.82) is 0 Å². The van der Waals surface area contributed by atoms with Gasteiger partial charge in [-0.05, 0) is 11.8 Å². The van der Waals surface area contributed by atoms with E-state index in [2.05, 4.69) is 26.8 Å². The van der Waals surface area contributed by atoms with Crippen LogP contribution in [0.1, 0.15) is 32.8 Å². The minimum absolute atomic E-state index is 0. The number of hydrogen-bond donors (Lipinski definition) is 0. The summed E-state index contributed by atoms with van der Waals surface area (Å²) in [6.45, 7) is 6.57. The van der Waals surface area contributed by atoms with Gasteiger partial charge < -0.3 is 16.9 Å². The monoisotopic (exact) mass is 374 g/mol. The standard InChI is InChI=1S/C13H19O2.CH3.Sm/c1-6-13(2,3)10-7-8-11(14-4)12(9-10)15-5;;/h8-9H,6H2,1-5H3;1H3;/q2*-1;. The van der Waals surface area contributed by atoms with Crippen molar-refractivity contribution in [3.8, 4) is 11.5 Å². The SMILES string of the molecule is CCC(C)(C)c1[c-]cc(OC)c(OC)c1.[CH3-].[Sm]. The zero-order chi connectivity index (χ0) is 11.5. The van der Waals surface area contributed by atoms with E-state index in [1.165, 1.54) is 0 Å². The molecule has 17 heavy (non-hydrogen) atoms.